The SMILES string of the molecule is COc1ccccc1C(=O)N1CCN(CCCc2ccc(F)cc2)CC1. The molecule has 1 aliphatic rings. The molecular weight excluding hydrogens is 331 g/mol. The molecule has 0 atom stereocenters. The third kappa shape index (κ3) is 4.61. The summed E-state index contributed by atoms with van der Waals surface area (Å²) in [6, 6.07) is 14.1. The van der Waals surface area contributed by atoms with Crippen molar-refractivity contribution in [3.63, 3.8) is 0 Å². The topological polar surface area (TPSA) is 32.8 Å². The van der Waals surface area contributed by atoms with Crippen molar-refractivity contribution in [2.75, 3.05) is 39.8 Å². The van der Waals surface area contributed by atoms with Gasteiger partial charge >= 0.3 is 0 Å². The van der Waals surface area contributed by atoms with Crippen LogP contribution in [-0.4, -0.2) is 55.5 Å². The van der Waals surface area contributed by atoms with Crippen LogP contribution in [0.3, 0.4) is 0 Å². The molecule has 1 amide bonds. The maximum atomic E-state index is 12.9. The first-order valence-electron chi connectivity index (χ1n) is 9.06. The molecule has 0 aromatic heterocycles. The van der Waals surface area contributed by atoms with E-state index in [1.165, 1.54) is 12.1 Å². The molecule has 4 nitrogen and oxygen atoms in total. The molecule has 1 saturated heterocycles. The number of para-hydroxylation sites is 1. The zero-order valence-electron chi connectivity index (χ0n) is 15.2. The highest BCUT2D eigenvalue weighted by molar-refractivity contribution is 5.97. The zero-order chi connectivity index (χ0) is 18.4. The standard InChI is InChI=1S/C21H25FN2O2/c1-26-20-7-3-2-6-19(20)21(25)24-15-13-23(14-16-24)12-4-5-17-8-10-18(22)11-9-17/h2-3,6-11H,4-5,12-16H2,1H3. The van der Waals surface area contributed by atoms with Gasteiger partial charge in [0.1, 0.15) is 11.6 Å². The molecule has 1 fully saturated rings. The van der Waals surface area contributed by atoms with Crippen LogP contribution in [-0.2, 0) is 6.42 Å². The van der Waals surface area contributed by atoms with Crippen LogP contribution < -0.4 is 4.74 Å². The van der Waals surface area contributed by atoms with Crippen molar-refractivity contribution >= 4 is 5.91 Å². The summed E-state index contributed by atoms with van der Waals surface area (Å²) >= 11 is 0. The van der Waals surface area contributed by atoms with E-state index in [1.807, 2.05) is 41.3 Å². The molecule has 2 aromatic rings. The highest BCUT2D eigenvalue weighted by Crippen LogP contribution is 2.20. The number of methoxy groups -OCH3 is 1. The van der Waals surface area contributed by atoms with Crippen LogP contribution in [0.2, 0.25) is 0 Å². The number of aryl methyl sites for hydroxylation is 1. The van der Waals surface area contributed by atoms with Crippen LogP contribution in [0.15, 0.2) is 48.5 Å². The fourth-order valence-corrected chi connectivity index (χ4v) is 3.32. The highest BCUT2D eigenvalue weighted by atomic mass is 19.1. The summed E-state index contributed by atoms with van der Waals surface area (Å²) in [5, 5.41) is 0. The van der Waals surface area contributed by atoms with Crippen molar-refractivity contribution in [1.82, 2.24) is 9.80 Å². The predicted octanol–water partition coefficient (Wildman–Crippen LogP) is 3.22. The molecule has 0 aliphatic carbocycles. The van der Waals surface area contributed by atoms with Gasteiger partial charge in [-0.05, 0) is 49.2 Å². The monoisotopic (exact) mass is 356 g/mol. The first kappa shape index (κ1) is 18.4. The lowest BCUT2D eigenvalue weighted by Gasteiger charge is -2.35. The maximum absolute atomic E-state index is 12.9. The van der Waals surface area contributed by atoms with Crippen molar-refractivity contribution in [1.29, 1.82) is 0 Å². The van der Waals surface area contributed by atoms with Gasteiger partial charge in [0.25, 0.3) is 5.91 Å². The number of ether oxygens (including phenoxy) is 1. The lowest BCUT2D eigenvalue weighted by atomic mass is 10.1. The second kappa shape index (κ2) is 8.81. The van der Waals surface area contributed by atoms with Gasteiger partial charge in [0.15, 0.2) is 0 Å². The number of benzene rings is 2. The molecule has 0 radical (unpaired) electrons. The quantitative estimate of drug-likeness (QED) is 0.797. The molecule has 138 valence electrons. The van der Waals surface area contributed by atoms with Crippen molar-refractivity contribution in [2.45, 2.75) is 12.8 Å². The Labute approximate surface area is 154 Å². The molecule has 0 N–H and O–H groups in total. The summed E-state index contributed by atoms with van der Waals surface area (Å²) in [6.45, 7) is 4.21. The first-order chi connectivity index (χ1) is 12.7. The van der Waals surface area contributed by atoms with E-state index in [0.717, 1.165) is 51.1 Å². The zero-order valence-corrected chi connectivity index (χ0v) is 15.2. The van der Waals surface area contributed by atoms with Gasteiger partial charge in [0, 0.05) is 26.2 Å². The Balaban J connectivity index is 1.45. The Morgan fingerprint density at radius 3 is 2.42 bits per heavy atom. The summed E-state index contributed by atoms with van der Waals surface area (Å²) in [5.74, 6) is 0.470. The highest BCUT2D eigenvalue weighted by Gasteiger charge is 2.23. The number of piperazine rings is 1. The van der Waals surface area contributed by atoms with Crippen LogP contribution in [0.25, 0.3) is 0 Å². The van der Waals surface area contributed by atoms with E-state index in [1.54, 1.807) is 7.11 Å². The van der Waals surface area contributed by atoms with E-state index >= 15 is 0 Å². The Kier molecular flexibility index (Phi) is 6.23. The second-order valence-electron chi connectivity index (χ2n) is 6.56. The third-order valence-electron chi connectivity index (χ3n) is 4.85. The van der Waals surface area contributed by atoms with Crippen LogP contribution in [0.5, 0.6) is 5.75 Å². The van der Waals surface area contributed by atoms with Crippen molar-refractivity contribution < 1.29 is 13.9 Å². The summed E-state index contributed by atoms with van der Waals surface area (Å²) in [4.78, 5) is 17.0. The van der Waals surface area contributed by atoms with Gasteiger partial charge in [0.2, 0.25) is 0 Å². The normalized spacial score (nSPS) is 15.1. The van der Waals surface area contributed by atoms with Crippen molar-refractivity contribution in [3.8, 4) is 5.75 Å². The number of amides is 1. The fraction of sp³-hybridized carbons (Fsp3) is 0.381. The van der Waals surface area contributed by atoms with Crippen molar-refractivity contribution in [2.24, 2.45) is 0 Å². The smallest absolute Gasteiger partial charge is 0.257 e. The van der Waals surface area contributed by atoms with Crippen molar-refractivity contribution in [3.05, 3.63) is 65.5 Å². The summed E-state index contributed by atoms with van der Waals surface area (Å²) < 4.78 is 18.2. The van der Waals surface area contributed by atoms with Crippen LogP contribution in [0, 0.1) is 5.82 Å². The fourth-order valence-electron chi connectivity index (χ4n) is 3.32. The van der Waals surface area contributed by atoms with E-state index in [4.69, 9.17) is 4.74 Å². The molecule has 0 spiro atoms. The Morgan fingerprint density at radius 1 is 1.04 bits per heavy atom. The summed E-state index contributed by atoms with van der Waals surface area (Å²) in [6.07, 6.45) is 1.98. The largest absolute Gasteiger partial charge is 0.496 e. The van der Waals surface area contributed by atoms with Gasteiger partial charge in [0.05, 0.1) is 12.7 Å². The molecule has 26 heavy (non-hydrogen) atoms. The second-order valence-corrected chi connectivity index (χ2v) is 6.56. The third-order valence-corrected chi connectivity index (χ3v) is 4.85. The van der Waals surface area contributed by atoms with Gasteiger partial charge in [-0.3, -0.25) is 9.69 Å². The number of hydrogen-bond acceptors (Lipinski definition) is 3. The van der Waals surface area contributed by atoms with Crippen LogP contribution >= 0.6 is 0 Å². The molecule has 0 bridgehead atoms. The van der Waals surface area contributed by atoms with E-state index in [-0.39, 0.29) is 11.7 Å². The Hall–Kier alpha value is -2.40. The summed E-state index contributed by atoms with van der Waals surface area (Å²) in [7, 11) is 1.59. The Morgan fingerprint density at radius 2 is 1.73 bits per heavy atom. The van der Waals surface area contributed by atoms with Crippen LogP contribution in [0.1, 0.15) is 22.3 Å². The van der Waals surface area contributed by atoms with E-state index in [9.17, 15) is 9.18 Å². The lowest BCUT2D eigenvalue weighted by Crippen LogP contribution is -2.48. The minimum Gasteiger partial charge on any atom is -0.496 e. The number of hydrogen-bond donors (Lipinski definition) is 0. The molecule has 2 aromatic carbocycles. The molecule has 5 heteroatoms. The molecule has 0 saturated carbocycles. The van der Waals surface area contributed by atoms with E-state index < -0.39 is 0 Å². The molecule has 3 rings (SSSR count). The maximum Gasteiger partial charge on any atom is 0.257 e. The molecule has 1 heterocycles. The van der Waals surface area contributed by atoms with E-state index in [2.05, 4.69) is 4.90 Å². The number of carbonyl (C=O) groups excluding carboxylic acids is 1. The summed E-state index contributed by atoms with van der Waals surface area (Å²) in [5.41, 5.74) is 1.79. The average molecular weight is 356 g/mol. The minimum absolute atomic E-state index is 0.0356. The molecule has 0 unspecified atom stereocenters. The van der Waals surface area contributed by atoms with Gasteiger partial charge < -0.3 is 9.64 Å². The molecule has 1 aliphatic heterocycles. The van der Waals surface area contributed by atoms with Gasteiger partial charge in [-0.15, -0.1) is 0 Å². The lowest BCUT2D eigenvalue weighted by molar-refractivity contribution is 0.0633. The number of halogens is 1. The van der Waals surface area contributed by atoms with E-state index in [0.29, 0.717) is 11.3 Å². The predicted molar refractivity (Wildman–Crippen MR) is 100 cm³/mol. The van der Waals surface area contributed by atoms with Gasteiger partial charge in [-0.2, -0.15) is 0 Å². The van der Waals surface area contributed by atoms with Gasteiger partial charge in [-0.25, -0.2) is 4.39 Å². The molecular formula is C21H25FN2O2. The number of nitrogens with zero attached hydrogens (tertiary/aromatic N) is 2. The van der Waals surface area contributed by atoms with Gasteiger partial charge in [-0.1, -0.05) is 24.3 Å². The van der Waals surface area contributed by atoms with Crippen LogP contribution in [0.4, 0.5) is 4.39 Å². The first-order valence-corrected chi connectivity index (χ1v) is 9.06. The Bertz CT molecular complexity index is 725. The number of rotatable bonds is 6. The average Bonchev–Trinajstić information content (AvgIpc) is 2.69. The number of carbonyl (C=O) groups is 1. The minimum atomic E-state index is -0.190.